The van der Waals surface area contributed by atoms with Gasteiger partial charge in [-0.3, -0.25) is 0 Å². The van der Waals surface area contributed by atoms with Crippen molar-refractivity contribution in [1.82, 2.24) is 4.90 Å². The summed E-state index contributed by atoms with van der Waals surface area (Å²) in [6.07, 6.45) is 4.37. The number of carbonyl (C=O) groups is 1. The van der Waals surface area contributed by atoms with Gasteiger partial charge >= 0.3 is 12.6 Å². The predicted octanol–water partition coefficient (Wildman–Crippen LogP) is 4.64. The van der Waals surface area contributed by atoms with Crippen LogP contribution in [0.3, 0.4) is 0 Å². The second kappa shape index (κ2) is 7.62. The minimum atomic E-state index is -2.93. The van der Waals surface area contributed by atoms with E-state index in [1.807, 2.05) is 0 Å². The predicted molar refractivity (Wildman–Crippen MR) is 86.0 cm³/mol. The van der Waals surface area contributed by atoms with Crippen LogP contribution in [-0.4, -0.2) is 30.6 Å². The molecular weight excluding hydrogens is 302 g/mol. The van der Waals surface area contributed by atoms with Gasteiger partial charge in [0, 0.05) is 13.1 Å². The molecule has 2 atom stereocenters. The maximum atomic E-state index is 12.5. The Morgan fingerprint density at radius 1 is 1.35 bits per heavy atom. The molecule has 1 aromatic rings. The first-order valence-corrected chi connectivity index (χ1v) is 7.98. The monoisotopic (exact) mass is 326 g/mol. The van der Waals surface area contributed by atoms with Crippen LogP contribution >= 0.6 is 0 Å². The Hall–Kier alpha value is -1.85. The number of amides is 2. The van der Waals surface area contributed by atoms with E-state index in [1.54, 1.807) is 31.0 Å². The normalized spacial score (nSPS) is 21.1. The fraction of sp³-hybridized carbons (Fsp3) is 0.588. The number of hydrogen-bond acceptors (Lipinski definition) is 2. The van der Waals surface area contributed by atoms with Crippen LogP contribution in [0, 0.1) is 12.8 Å². The van der Waals surface area contributed by atoms with Crippen molar-refractivity contribution in [2.45, 2.75) is 52.2 Å². The number of nitrogens with zero attached hydrogens (tertiary/aromatic N) is 1. The SMILES string of the molecule is Cc1cccc(OC(F)F)c1NC(=O)N(C)[C@H]1CCCC[C@H]1C. The number of nitrogens with one attached hydrogen (secondary N) is 1. The van der Waals surface area contributed by atoms with Crippen molar-refractivity contribution in [2.24, 2.45) is 5.92 Å². The number of alkyl halides is 2. The van der Waals surface area contributed by atoms with Crippen molar-refractivity contribution in [3.63, 3.8) is 0 Å². The first-order valence-electron chi connectivity index (χ1n) is 7.98. The van der Waals surface area contributed by atoms with Gasteiger partial charge in [0.15, 0.2) is 0 Å². The molecule has 4 nitrogen and oxygen atoms in total. The molecule has 128 valence electrons. The van der Waals surface area contributed by atoms with Gasteiger partial charge in [-0.15, -0.1) is 0 Å². The summed E-state index contributed by atoms with van der Waals surface area (Å²) in [4.78, 5) is 14.2. The lowest BCUT2D eigenvalue weighted by atomic mass is 9.85. The molecule has 0 spiro atoms. The average molecular weight is 326 g/mol. The van der Waals surface area contributed by atoms with Gasteiger partial charge in [-0.2, -0.15) is 8.78 Å². The lowest BCUT2D eigenvalue weighted by molar-refractivity contribution is -0.0493. The smallest absolute Gasteiger partial charge is 0.387 e. The van der Waals surface area contributed by atoms with Gasteiger partial charge in [-0.1, -0.05) is 31.9 Å². The Labute approximate surface area is 135 Å². The number of anilines is 1. The highest BCUT2D eigenvalue weighted by atomic mass is 19.3. The second-order valence-corrected chi connectivity index (χ2v) is 6.20. The van der Waals surface area contributed by atoms with E-state index in [1.165, 1.54) is 12.5 Å². The van der Waals surface area contributed by atoms with Crippen molar-refractivity contribution >= 4 is 11.7 Å². The molecule has 0 radical (unpaired) electrons. The summed E-state index contributed by atoms with van der Waals surface area (Å²) < 4.78 is 29.6. The Morgan fingerprint density at radius 2 is 2.04 bits per heavy atom. The summed E-state index contributed by atoms with van der Waals surface area (Å²) in [6.45, 7) is 0.965. The lowest BCUT2D eigenvalue weighted by Gasteiger charge is -2.36. The van der Waals surface area contributed by atoms with Gasteiger partial charge in [0.1, 0.15) is 5.75 Å². The number of para-hydroxylation sites is 1. The van der Waals surface area contributed by atoms with E-state index in [2.05, 4.69) is 17.0 Å². The number of benzene rings is 1. The third-order valence-corrected chi connectivity index (χ3v) is 4.57. The largest absolute Gasteiger partial charge is 0.433 e. The molecule has 1 aliphatic rings. The van der Waals surface area contributed by atoms with E-state index in [0.29, 0.717) is 17.2 Å². The zero-order chi connectivity index (χ0) is 17.0. The van der Waals surface area contributed by atoms with Gasteiger partial charge in [-0.25, -0.2) is 4.79 Å². The van der Waals surface area contributed by atoms with E-state index in [-0.39, 0.29) is 17.8 Å². The van der Waals surface area contributed by atoms with Crippen molar-refractivity contribution in [3.05, 3.63) is 23.8 Å². The standard InChI is InChI=1S/C17H24F2N2O2/c1-11-7-4-5-9-13(11)21(3)17(22)20-15-12(2)8-6-10-14(15)23-16(18)19/h6,8,10-11,13,16H,4-5,7,9H2,1-3H3,(H,20,22)/t11-,13+/m1/s1. The summed E-state index contributed by atoms with van der Waals surface area (Å²) in [5, 5.41) is 2.73. The maximum absolute atomic E-state index is 12.5. The zero-order valence-electron chi connectivity index (χ0n) is 13.8. The molecule has 0 heterocycles. The molecule has 1 aromatic carbocycles. The van der Waals surface area contributed by atoms with Crippen LogP contribution in [0.25, 0.3) is 0 Å². The molecule has 0 aliphatic heterocycles. The highest BCUT2D eigenvalue weighted by Crippen LogP contribution is 2.31. The number of aryl methyl sites for hydroxylation is 1. The molecule has 1 saturated carbocycles. The number of rotatable bonds is 4. The fourth-order valence-corrected chi connectivity index (χ4v) is 3.21. The highest BCUT2D eigenvalue weighted by Gasteiger charge is 2.28. The van der Waals surface area contributed by atoms with Crippen molar-refractivity contribution in [2.75, 3.05) is 12.4 Å². The molecule has 23 heavy (non-hydrogen) atoms. The van der Waals surface area contributed by atoms with Gasteiger partial charge in [0.25, 0.3) is 0 Å². The molecule has 0 aromatic heterocycles. The van der Waals surface area contributed by atoms with Crippen LogP contribution < -0.4 is 10.1 Å². The molecule has 0 saturated heterocycles. The zero-order valence-corrected chi connectivity index (χ0v) is 13.8. The topological polar surface area (TPSA) is 41.6 Å². The molecule has 2 rings (SSSR count). The fourth-order valence-electron chi connectivity index (χ4n) is 3.21. The minimum absolute atomic E-state index is 0.0153. The Kier molecular flexibility index (Phi) is 5.80. The van der Waals surface area contributed by atoms with Crippen molar-refractivity contribution in [1.29, 1.82) is 0 Å². The minimum Gasteiger partial charge on any atom is -0.433 e. The highest BCUT2D eigenvalue weighted by molar-refractivity contribution is 5.92. The number of urea groups is 1. The van der Waals surface area contributed by atoms with Crippen LogP contribution in [0.2, 0.25) is 0 Å². The quantitative estimate of drug-likeness (QED) is 0.876. The Balaban J connectivity index is 2.13. The molecule has 1 fully saturated rings. The summed E-state index contributed by atoms with van der Waals surface area (Å²) in [5.41, 5.74) is 0.981. The van der Waals surface area contributed by atoms with Gasteiger partial charge in [0.2, 0.25) is 0 Å². The Bertz CT molecular complexity index is 551. The molecule has 2 amide bonds. The summed E-state index contributed by atoms with van der Waals surface area (Å²) in [6, 6.07) is 4.68. The van der Waals surface area contributed by atoms with E-state index in [0.717, 1.165) is 19.3 Å². The number of carbonyl (C=O) groups excluding carboxylic acids is 1. The van der Waals surface area contributed by atoms with Crippen molar-refractivity contribution in [3.8, 4) is 5.75 Å². The molecule has 0 bridgehead atoms. The molecule has 6 heteroatoms. The van der Waals surface area contributed by atoms with E-state index < -0.39 is 6.61 Å². The second-order valence-electron chi connectivity index (χ2n) is 6.20. The number of ether oxygens (including phenoxy) is 1. The van der Waals surface area contributed by atoms with Crippen LogP contribution in [0.5, 0.6) is 5.75 Å². The van der Waals surface area contributed by atoms with Gasteiger partial charge < -0.3 is 15.0 Å². The van der Waals surface area contributed by atoms with E-state index in [4.69, 9.17) is 0 Å². The molecular formula is C17H24F2N2O2. The molecule has 1 N–H and O–H groups in total. The summed E-state index contributed by atoms with van der Waals surface area (Å²) in [7, 11) is 1.76. The third kappa shape index (κ3) is 4.33. The summed E-state index contributed by atoms with van der Waals surface area (Å²) in [5.74, 6) is 0.423. The molecule has 1 aliphatic carbocycles. The first kappa shape index (κ1) is 17.5. The van der Waals surface area contributed by atoms with Gasteiger partial charge in [0.05, 0.1) is 5.69 Å². The van der Waals surface area contributed by atoms with Crippen LogP contribution in [0.4, 0.5) is 19.3 Å². The number of hydrogen-bond donors (Lipinski definition) is 1. The maximum Gasteiger partial charge on any atom is 0.387 e. The van der Waals surface area contributed by atoms with E-state index >= 15 is 0 Å². The Morgan fingerprint density at radius 3 is 2.70 bits per heavy atom. The lowest BCUT2D eigenvalue weighted by Crippen LogP contribution is -2.44. The summed E-state index contributed by atoms with van der Waals surface area (Å²) >= 11 is 0. The van der Waals surface area contributed by atoms with Crippen molar-refractivity contribution < 1.29 is 18.3 Å². The van der Waals surface area contributed by atoms with E-state index in [9.17, 15) is 13.6 Å². The third-order valence-electron chi connectivity index (χ3n) is 4.57. The van der Waals surface area contributed by atoms with Crippen LogP contribution in [-0.2, 0) is 0 Å². The molecule has 0 unspecified atom stereocenters. The first-order chi connectivity index (χ1) is 10.9. The number of halogens is 2. The van der Waals surface area contributed by atoms with Crippen LogP contribution in [0.1, 0.15) is 38.2 Å². The van der Waals surface area contributed by atoms with Gasteiger partial charge in [-0.05, 0) is 37.3 Å². The van der Waals surface area contributed by atoms with Crippen LogP contribution in [0.15, 0.2) is 18.2 Å². The average Bonchev–Trinajstić information content (AvgIpc) is 2.50.